The Kier molecular flexibility index (Phi) is 9.06. The lowest BCUT2D eigenvalue weighted by Gasteiger charge is -2.31. The molecule has 0 saturated carbocycles. The lowest BCUT2D eigenvalue weighted by atomic mass is 9.98. The Morgan fingerprint density at radius 3 is 1.87 bits per heavy atom. The topological polar surface area (TPSA) is 30.5 Å². The summed E-state index contributed by atoms with van der Waals surface area (Å²) in [7, 11) is 0. The summed E-state index contributed by atoms with van der Waals surface area (Å²) < 4.78 is 11.3. The van der Waals surface area contributed by atoms with E-state index in [0.29, 0.717) is 25.2 Å². The fourth-order valence-electron chi connectivity index (χ4n) is 1.64. The van der Waals surface area contributed by atoms with Crippen molar-refractivity contribution in [2.24, 2.45) is 5.92 Å². The molecule has 3 nitrogen and oxygen atoms in total. The van der Waals surface area contributed by atoms with E-state index in [-0.39, 0.29) is 6.29 Å². The summed E-state index contributed by atoms with van der Waals surface area (Å²) in [5, 5.41) is 3.45. The zero-order chi connectivity index (χ0) is 11.7. The molecule has 0 aliphatic heterocycles. The van der Waals surface area contributed by atoms with Crippen LogP contribution in [-0.4, -0.2) is 32.1 Å². The molecular formula is C12H27NO2. The van der Waals surface area contributed by atoms with Gasteiger partial charge < -0.3 is 14.8 Å². The highest BCUT2D eigenvalue weighted by atomic mass is 16.7. The fourth-order valence-corrected chi connectivity index (χ4v) is 1.64. The van der Waals surface area contributed by atoms with Gasteiger partial charge in [-0.05, 0) is 26.3 Å². The van der Waals surface area contributed by atoms with Gasteiger partial charge in [0.05, 0.1) is 6.04 Å². The van der Waals surface area contributed by atoms with Crippen LogP contribution in [0.5, 0.6) is 0 Å². The van der Waals surface area contributed by atoms with Crippen LogP contribution < -0.4 is 5.32 Å². The van der Waals surface area contributed by atoms with Crippen molar-refractivity contribution in [3.05, 3.63) is 0 Å². The molecule has 3 heteroatoms. The number of likely N-dealkylation sites (N-methyl/N-ethyl adjacent to an activating group) is 1. The summed E-state index contributed by atoms with van der Waals surface area (Å²) in [6.45, 7) is 12.9. The van der Waals surface area contributed by atoms with E-state index in [2.05, 4.69) is 26.1 Å². The smallest absolute Gasteiger partial charge is 0.172 e. The van der Waals surface area contributed by atoms with Gasteiger partial charge in [0.2, 0.25) is 0 Å². The molecule has 92 valence electrons. The molecule has 0 aromatic heterocycles. The zero-order valence-corrected chi connectivity index (χ0v) is 10.9. The molecule has 0 heterocycles. The monoisotopic (exact) mass is 217 g/mol. The number of hydrogen-bond donors (Lipinski definition) is 1. The second kappa shape index (κ2) is 9.13. The van der Waals surface area contributed by atoms with E-state index in [1.165, 1.54) is 0 Å². The fraction of sp³-hybridized carbons (Fsp3) is 1.00. The van der Waals surface area contributed by atoms with E-state index < -0.39 is 0 Å². The predicted octanol–water partition coefficient (Wildman–Crippen LogP) is 2.41. The zero-order valence-electron chi connectivity index (χ0n) is 10.9. The van der Waals surface area contributed by atoms with E-state index >= 15 is 0 Å². The van der Waals surface area contributed by atoms with Crippen molar-refractivity contribution >= 4 is 0 Å². The highest BCUT2D eigenvalue weighted by molar-refractivity contribution is 4.75. The molecular weight excluding hydrogens is 190 g/mol. The van der Waals surface area contributed by atoms with Crippen LogP contribution >= 0.6 is 0 Å². The van der Waals surface area contributed by atoms with Crippen LogP contribution in [0.4, 0.5) is 0 Å². The van der Waals surface area contributed by atoms with Crippen LogP contribution in [0.25, 0.3) is 0 Å². The summed E-state index contributed by atoms with van der Waals surface area (Å²) in [6, 6.07) is 0.292. The minimum atomic E-state index is -0.116. The Hall–Kier alpha value is -0.120. The quantitative estimate of drug-likeness (QED) is 0.602. The molecule has 2 unspecified atom stereocenters. The molecule has 0 rings (SSSR count). The summed E-state index contributed by atoms with van der Waals surface area (Å²) in [5.74, 6) is 0.563. The maximum absolute atomic E-state index is 5.64. The molecule has 0 bridgehead atoms. The molecule has 0 aromatic carbocycles. The molecule has 0 aromatic rings. The van der Waals surface area contributed by atoms with Gasteiger partial charge in [-0.25, -0.2) is 0 Å². The normalized spacial score (nSPS) is 15.6. The standard InChI is InChI=1S/C12H27NO2/c1-6-10(5)11(13-7-2)12(14-8-3)15-9-4/h10-13H,6-9H2,1-5H3. The van der Waals surface area contributed by atoms with Crippen LogP contribution in [0.3, 0.4) is 0 Å². The molecule has 15 heavy (non-hydrogen) atoms. The summed E-state index contributed by atoms with van der Waals surface area (Å²) in [4.78, 5) is 0. The van der Waals surface area contributed by atoms with Crippen LogP contribution in [0.1, 0.15) is 41.0 Å². The Bertz CT molecular complexity index is 136. The van der Waals surface area contributed by atoms with Crippen LogP contribution in [0.15, 0.2) is 0 Å². The van der Waals surface area contributed by atoms with Gasteiger partial charge in [0.15, 0.2) is 6.29 Å². The van der Waals surface area contributed by atoms with Crippen LogP contribution in [0, 0.1) is 5.92 Å². The van der Waals surface area contributed by atoms with Crippen molar-refractivity contribution < 1.29 is 9.47 Å². The van der Waals surface area contributed by atoms with Gasteiger partial charge in [0.1, 0.15) is 0 Å². The Morgan fingerprint density at radius 1 is 1.00 bits per heavy atom. The minimum Gasteiger partial charge on any atom is -0.351 e. The lowest BCUT2D eigenvalue weighted by molar-refractivity contribution is -0.161. The van der Waals surface area contributed by atoms with Crippen molar-refractivity contribution in [2.75, 3.05) is 19.8 Å². The first-order chi connectivity index (χ1) is 7.21. The van der Waals surface area contributed by atoms with E-state index in [9.17, 15) is 0 Å². The average molecular weight is 217 g/mol. The van der Waals surface area contributed by atoms with Gasteiger partial charge in [0, 0.05) is 13.2 Å². The third kappa shape index (κ3) is 5.50. The van der Waals surface area contributed by atoms with Gasteiger partial charge in [-0.15, -0.1) is 0 Å². The Labute approximate surface area is 94.5 Å². The highest BCUT2D eigenvalue weighted by Crippen LogP contribution is 2.15. The third-order valence-electron chi connectivity index (χ3n) is 2.65. The van der Waals surface area contributed by atoms with Gasteiger partial charge in [-0.2, -0.15) is 0 Å². The van der Waals surface area contributed by atoms with Crippen molar-refractivity contribution in [2.45, 2.75) is 53.4 Å². The summed E-state index contributed by atoms with van der Waals surface area (Å²) >= 11 is 0. The lowest BCUT2D eigenvalue weighted by Crippen LogP contribution is -2.47. The maximum Gasteiger partial charge on any atom is 0.172 e. The summed E-state index contributed by atoms with van der Waals surface area (Å²) in [6.07, 6.45) is 1.02. The van der Waals surface area contributed by atoms with Crippen molar-refractivity contribution in [3.63, 3.8) is 0 Å². The molecule has 0 spiro atoms. The molecule has 0 aliphatic carbocycles. The number of ether oxygens (including phenoxy) is 2. The SMILES string of the molecule is CCNC(C(C)CC)C(OCC)OCC. The number of rotatable bonds is 9. The van der Waals surface area contributed by atoms with E-state index in [4.69, 9.17) is 9.47 Å². The van der Waals surface area contributed by atoms with Crippen LogP contribution in [-0.2, 0) is 9.47 Å². The van der Waals surface area contributed by atoms with Crippen molar-refractivity contribution in [1.82, 2.24) is 5.32 Å². The first kappa shape index (κ1) is 14.9. The van der Waals surface area contributed by atoms with E-state index in [1.54, 1.807) is 0 Å². The maximum atomic E-state index is 5.64. The average Bonchev–Trinajstić information content (AvgIpc) is 2.25. The second-order valence-electron chi connectivity index (χ2n) is 3.75. The molecule has 0 amide bonds. The van der Waals surface area contributed by atoms with Crippen LogP contribution in [0.2, 0.25) is 0 Å². The predicted molar refractivity (Wildman–Crippen MR) is 64.0 cm³/mol. The first-order valence-electron chi connectivity index (χ1n) is 6.17. The van der Waals surface area contributed by atoms with Gasteiger partial charge in [-0.3, -0.25) is 0 Å². The Balaban J connectivity index is 4.35. The summed E-state index contributed by atoms with van der Waals surface area (Å²) in [5.41, 5.74) is 0. The third-order valence-corrected chi connectivity index (χ3v) is 2.65. The first-order valence-corrected chi connectivity index (χ1v) is 6.17. The largest absolute Gasteiger partial charge is 0.351 e. The van der Waals surface area contributed by atoms with Gasteiger partial charge in [0.25, 0.3) is 0 Å². The second-order valence-corrected chi connectivity index (χ2v) is 3.75. The number of hydrogen-bond acceptors (Lipinski definition) is 3. The van der Waals surface area contributed by atoms with E-state index in [1.807, 2.05) is 13.8 Å². The van der Waals surface area contributed by atoms with Gasteiger partial charge >= 0.3 is 0 Å². The van der Waals surface area contributed by atoms with Gasteiger partial charge in [-0.1, -0.05) is 27.2 Å². The van der Waals surface area contributed by atoms with Crippen molar-refractivity contribution in [3.8, 4) is 0 Å². The molecule has 2 atom stereocenters. The molecule has 0 saturated heterocycles. The Morgan fingerprint density at radius 2 is 1.53 bits per heavy atom. The minimum absolute atomic E-state index is 0.116. The molecule has 1 N–H and O–H groups in total. The van der Waals surface area contributed by atoms with E-state index in [0.717, 1.165) is 13.0 Å². The van der Waals surface area contributed by atoms with Crippen molar-refractivity contribution in [1.29, 1.82) is 0 Å². The molecule has 0 fully saturated rings. The molecule has 0 aliphatic rings. The molecule has 0 radical (unpaired) electrons. The highest BCUT2D eigenvalue weighted by Gasteiger charge is 2.25. The number of nitrogens with one attached hydrogen (secondary N) is 1.